The van der Waals surface area contributed by atoms with Gasteiger partial charge in [-0.25, -0.2) is 0 Å². The Morgan fingerprint density at radius 1 is 0.542 bits per heavy atom. The van der Waals surface area contributed by atoms with E-state index in [-0.39, 0.29) is 0 Å². The van der Waals surface area contributed by atoms with E-state index in [1.54, 1.807) is 0 Å². The van der Waals surface area contributed by atoms with Gasteiger partial charge in [0.1, 0.15) is 0 Å². The van der Waals surface area contributed by atoms with Crippen molar-refractivity contribution in [2.75, 3.05) is 91.9 Å². The normalized spacial score (nSPS) is 19.5. The molecule has 2 saturated heterocycles. The van der Waals surface area contributed by atoms with E-state index in [1.165, 1.54) is 58.4 Å². The smallest absolute Gasteiger partial charge is 0.0594 e. The predicted molar refractivity (Wildman–Crippen MR) is 98.7 cm³/mol. The zero-order chi connectivity index (χ0) is 16.7. The van der Waals surface area contributed by atoms with E-state index in [1.807, 2.05) is 0 Å². The van der Waals surface area contributed by atoms with Crippen LogP contribution in [0.4, 0.5) is 0 Å². The highest BCUT2D eigenvalue weighted by Crippen LogP contribution is 2.06. The fourth-order valence-electron chi connectivity index (χ4n) is 3.33. The van der Waals surface area contributed by atoms with E-state index in [0.29, 0.717) is 0 Å². The van der Waals surface area contributed by atoms with Crippen LogP contribution in [0.2, 0.25) is 0 Å². The molecule has 0 aromatic heterocycles. The largest absolute Gasteiger partial charge is 0.379 e. The van der Waals surface area contributed by atoms with Crippen LogP contribution in [0.25, 0.3) is 0 Å². The number of hydrogen-bond donors (Lipinski definition) is 2. The van der Waals surface area contributed by atoms with Crippen LogP contribution in [-0.4, -0.2) is 102 Å². The Balaban J connectivity index is 1.21. The molecule has 2 N–H and O–H groups in total. The summed E-state index contributed by atoms with van der Waals surface area (Å²) in [6.07, 6.45) is 5.46. The van der Waals surface area contributed by atoms with Gasteiger partial charge in [-0.1, -0.05) is 0 Å². The van der Waals surface area contributed by atoms with Crippen molar-refractivity contribution in [1.82, 2.24) is 20.4 Å². The van der Waals surface area contributed by atoms with E-state index in [2.05, 4.69) is 20.4 Å². The van der Waals surface area contributed by atoms with Gasteiger partial charge in [0.05, 0.1) is 26.4 Å². The lowest BCUT2D eigenvalue weighted by atomic mass is 10.4. The number of ether oxygens (including phenoxy) is 2. The van der Waals surface area contributed by atoms with Crippen LogP contribution in [0.15, 0.2) is 0 Å². The molecule has 24 heavy (non-hydrogen) atoms. The standard InChI is InChI=1S/C18H38N4O2/c1-2-10-21(9-1)13-5-19-6-15-23-16-7-20-8-17-24-18-14-22-11-3-4-12-22/h19-20H,1-18H2. The van der Waals surface area contributed by atoms with E-state index >= 15 is 0 Å². The van der Waals surface area contributed by atoms with Gasteiger partial charge in [0, 0.05) is 39.3 Å². The zero-order valence-corrected chi connectivity index (χ0v) is 15.4. The molecule has 0 radical (unpaired) electrons. The molecule has 2 heterocycles. The lowest BCUT2D eigenvalue weighted by molar-refractivity contribution is 0.107. The van der Waals surface area contributed by atoms with E-state index in [9.17, 15) is 0 Å². The van der Waals surface area contributed by atoms with Crippen molar-refractivity contribution < 1.29 is 9.47 Å². The predicted octanol–water partition coefficient (Wildman–Crippen LogP) is 0.390. The summed E-state index contributed by atoms with van der Waals surface area (Å²) in [6, 6.07) is 0. The Bertz CT molecular complexity index is 254. The van der Waals surface area contributed by atoms with Gasteiger partial charge in [0.25, 0.3) is 0 Å². The fraction of sp³-hybridized carbons (Fsp3) is 1.00. The van der Waals surface area contributed by atoms with Crippen LogP contribution < -0.4 is 10.6 Å². The van der Waals surface area contributed by atoms with Gasteiger partial charge < -0.3 is 29.9 Å². The van der Waals surface area contributed by atoms with Gasteiger partial charge in [0.15, 0.2) is 0 Å². The van der Waals surface area contributed by atoms with Crippen LogP contribution >= 0.6 is 0 Å². The number of hydrogen-bond acceptors (Lipinski definition) is 6. The first-order valence-electron chi connectivity index (χ1n) is 9.97. The number of nitrogens with one attached hydrogen (secondary N) is 2. The first kappa shape index (κ1) is 20.1. The van der Waals surface area contributed by atoms with E-state index in [4.69, 9.17) is 9.47 Å². The van der Waals surface area contributed by atoms with Gasteiger partial charge in [-0.05, 0) is 51.9 Å². The van der Waals surface area contributed by atoms with E-state index in [0.717, 1.165) is 59.2 Å². The highest BCUT2D eigenvalue weighted by atomic mass is 16.5. The van der Waals surface area contributed by atoms with Gasteiger partial charge >= 0.3 is 0 Å². The Morgan fingerprint density at radius 2 is 1.00 bits per heavy atom. The maximum Gasteiger partial charge on any atom is 0.0594 e. The molecule has 2 fully saturated rings. The maximum atomic E-state index is 5.65. The number of rotatable bonds is 15. The molecule has 0 saturated carbocycles. The Kier molecular flexibility index (Phi) is 11.7. The van der Waals surface area contributed by atoms with Gasteiger partial charge in [0.2, 0.25) is 0 Å². The third kappa shape index (κ3) is 9.91. The van der Waals surface area contributed by atoms with Crippen molar-refractivity contribution in [2.24, 2.45) is 0 Å². The molecule has 0 bridgehead atoms. The summed E-state index contributed by atoms with van der Waals surface area (Å²) in [6.45, 7) is 14.4. The fourth-order valence-corrected chi connectivity index (χ4v) is 3.33. The van der Waals surface area contributed by atoms with Crippen LogP contribution in [0.5, 0.6) is 0 Å². The second-order valence-electron chi connectivity index (χ2n) is 6.82. The van der Waals surface area contributed by atoms with Crippen molar-refractivity contribution in [3.8, 4) is 0 Å². The molecule has 0 unspecified atom stereocenters. The lowest BCUT2D eigenvalue weighted by Crippen LogP contribution is -2.32. The molecule has 0 spiro atoms. The highest BCUT2D eigenvalue weighted by Gasteiger charge is 2.10. The van der Waals surface area contributed by atoms with Gasteiger partial charge in [-0.3, -0.25) is 0 Å². The molecule has 6 heteroatoms. The molecule has 2 aliphatic heterocycles. The van der Waals surface area contributed by atoms with Crippen LogP contribution in [-0.2, 0) is 9.47 Å². The summed E-state index contributed by atoms with van der Waals surface area (Å²) in [7, 11) is 0. The second kappa shape index (κ2) is 14.0. The average Bonchev–Trinajstić information content (AvgIpc) is 3.28. The molecule has 0 amide bonds. The molecule has 2 rings (SSSR count). The van der Waals surface area contributed by atoms with Crippen molar-refractivity contribution in [2.45, 2.75) is 25.7 Å². The minimum Gasteiger partial charge on any atom is -0.379 e. The molecule has 6 nitrogen and oxygen atoms in total. The minimum absolute atomic E-state index is 0.779. The molecular weight excluding hydrogens is 304 g/mol. The van der Waals surface area contributed by atoms with E-state index < -0.39 is 0 Å². The lowest BCUT2D eigenvalue weighted by Gasteiger charge is -2.15. The SMILES string of the molecule is C1CCN(CCNCCOCCNCCOCCN2CCCC2)C1. The zero-order valence-electron chi connectivity index (χ0n) is 15.4. The maximum absolute atomic E-state index is 5.65. The minimum atomic E-state index is 0.779. The van der Waals surface area contributed by atoms with Crippen molar-refractivity contribution >= 4 is 0 Å². The Morgan fingerprint density at radius 3 is 1.58 bits per heavy atom. The number of likely N-dealkylation sites (tertiary alicyclic amines) is 2. The summed E-state index contributed by atoms with van der Waals surface area (Å²) >= 11 is 0. The summed E-state index contributed by atoms with van der Waals surface area (Å²) in [5.74, 6) is 0. The Labute approximate surface area is 148 Å². The molecular formula is C18H38N4O2. The van der Waals surface area contributed by atoms with Crippen molar-refractivity contribution in [3.05, 3.63) is 0 Å². The van der Waals surface area contributed by atoms with Crippen molar-refractivity contribution in [1.29, 1.82) is 0 Å². The third-order valence-corrected chi connectivity index (χ3v) is 4.82. The van der Waals surface area contributed by atoms with Crippen LogP contribution in [0.3, 0.4) is 0 Å². The summed E-state index contributed by atoms with van der Waals surface area (Å²) in [5.41, 5.74) is 0. The topological polar surface area (TPSA) is 49.0 Å². The summed E-state index contributed by atoms with van der Waals surface area (Å²) < 4.78 is 11.3. The molecule has 0 aliphatic carbocycles. The molecule has 0 atom stereocenters. The quantitative estimate of drug-likeness (QED) is 0.420. The monoisotopic (exact) mass is 342 g/mol. The van der Waals surface area contributed by atoms with Gasteiger partial charge in [-0.2, -0.15) is 0 Å². The second-order valence-corrected chi connectivity index (χ2v) is 6.82. The van der Waals surface area contributed by atoms with Crippen LogP contribution in [0.1, 0.15) is 25.7 Å². The molecule has 0 aromatic carbocycles. The summed E-state index contributed by atoms with van der Waals surface area (Å²) in [4.78, 5) is 5.02. The highest BCUT2D eigenvalue weighted by molar-refractivity contribution is 4.67. The Hall–Kier alpha value is -0.240. The first-order chi connectivity index (χ1) is 11.9. The van der Waals surface area contributed by atoms with Gasteiger partial charge in [-0.15, -0.1) is 0 Å². The average molecular weight is 343 g/mol. The van der Waals surface area contributed by atoms with Crippen LogP contribution in [0, 0.1) is 0 Å². The summed E-state index contributed by atoms with van der Waals surface area (Å²) in [5, 5.41) is 6.81. The molecule has 142 valence electrons. The third-order valence-electron chi connectivity index (χ3n) is 4.82. The number of nitrogens with zero attached hydrogens (tertiary/aromatic N) is 2. The van der Waals surface area contributed by atoms with Crippen molar-refractivity contribution in [3.63, 3.8) is 0 Å². The molecule has 0 aromatic rings. The first-order valence-corrected chi connectivity index (χ1v) is 9.97. The molecule has 2 aliphatic rings.